The van der Waals surface area contributed by atoms with Crippen LogP contribution in [-0.4, -0.2) is 29.3 Å². The molecular weight excluding hydrogens is 410 g/mol. The van der Waals surface area contributed by atoms with Crippen LogP contribution in [0.15, 0.2) is 46.9 Å². The van der Waals surface area contributed by atoms with Crippen LogP contribution >= 0.6 is 15.9 Å². The first-order chi connectivity index (χ1) is 12.7. The van der Waals surface area contributed by atoms with E-state index in [1.165, 1.54) is 0 Å². The molecule has 1 heterocycles. The number of nitrogens with zero attached hydrogens (tertiary/aromatic N) is 1. The van der Waals surface area contributed by atoms with Crippen molar-refractivity contribution in [3.8, 4) is 0 Å². The predicted molar refractivity (Wildman–Crippen MR) is 106 cm³/mol. The number of rotatable bonds is 4. The van der Waals surface area contributed by atoms with Crippen LogP contribution in [0.1, 0.15) is 23.6 Å². The summed E-state index contributed by atoms with van der Waals surface area (Å²) in [6.45, 7) is 5.18. The zero-order chi connectivity index (χ0) is 19.8. The Morgan fingerprint density at radius 3 is 2.37 bits per heavy atom. The highest BCUT2D eigenvalue weighted by molar-refractivity contribution is 9.10. The fourth-order valence-electron chi connectivity index (χ4n) is 2.98. The third kappa shape index (κ3) is 3.73. The molecular formula is C20H20BrN3O3. The number of hydrogen-bond acceptors (Lipinski definition) is 3. The van der Waals surface area contributed by atoms with E-state index in [2.05, 4.69) is 26.6 Å². The minimum absolute atomic E-state index is 0.355. The maximum Gasteiger partial charge on any atom is 0.325 e. The number of halogens is 1. The van der Waals surface area contributed by atoms with Crippen molar-refractivity contribution in [2.75, 3.05) is 11.9 Å². The summed E-state index contributed by atoms with van der Waals surface area (Å²) in [5.41, 5.74) is 2.17. The SMILES string of the molecule is Cc1ccc(C2(C)NC(=O)N(CC(=O)Nc3ccc(C)cc3Br)C2=O)cc1. The molecule has 6 nitrogen and oxygen atoms in total. The van der Waals surface area contributed by atoms with Crippen molar-refractivity contribution in [1.29, 1.82) is 0 Å². The van der Waals surface area contributed by atoms with E-state index in [4.69, 9.17) is 0 Å². The van der Waals surface area contributed by atoms with Gasteiger partial charge in [0, 0.05) is 4.47 Å². The number of imide groups is 1. The number of anilines is 1. The fourth-order valence-corrected chi connectivity index (χ4v) is 3.57. The van der Waals surface area contributed by atoms with Gasteiger partial charge in [0.15, 0.2) is 0 Å². The molecule has 1 aliphatic rings. The maximum atomic E-state index is 12.9. The molecule has 2 N–H and O–H groups in total. The third-order valence-electron chi connectivity index (χ3n) is 4.60. The van der Waals surface area contributed by atoms with Gasteiger partial charge in [-0.1, -0.05) is 35.9 Å². The van der Waals surface area contributed by atoms with Gasteiger partial charge in [0.05, 0.1) is 5.69 Å². The van der Waals surface area contributed by atoms with Gasteiger partial charge in [0.25, 0.3) is 5.91 Å². The van der Waals surface area contributed by atoms with Gasteiger partial charge in [-0.3, -0.25) is 14.5 Å². The van der Waals surface area contributed by atoms with E-state index in [1.807, 2.05) is 38.1 Å². The normalized spacial score (nSPS) is 19.2. The lowest BCUT2D eigenvalue weighted by atomic mass is 9.91. The van der Waals surface area contributed by atoms with Crippen LogP contribution in [0.4, 0.5) is 10.5 Å². The molecule has 140 valence electrons. The Labute approximate surface area is 166 Å². The van der Waals surface area contributed by atoms with Crippen molar-refractivity contribution >= 4 is 39.5 Å². The minimum atomic E-state index is -1.19. The molecule has 1 atom stereocenters. The zero-order valence-electron chi connectivity index (χ0n) is 15.3. The monoisotopic (exact) mass is 429 g/mol. The van der Waals surface area contributed by atoms with Gasteiger partial charge in [-0.05, 0) is 60.0 Å². The van der Waals surface area contributed by atoms with Crippen molar-refractivity contribution in [3.05, 3.63) is 63.6 Å². The van der Waals surface area contributed by atoms with Crippen LogP contribution in [0.2, 0.25) is 0 Å². The zero-order valence-corrected chi connectivity index (χ0v) is 16.9. The van der Waals surface area contributed by atoms with Gasteiger partial charge in [0.1, 0.15) is 12.1 Å². The summed E-state index contributed by atoms with van der Waals surface area (Å²) in [6, 6.07) is 12.3. The Kier molecular flexibility index (Phi) is 5.06. The number of aryl methyl sites for hydroxylation is 2. The number of carbonyl (C=O) groups is 3. The highest BCUT2D eigenvalue weighted by Crippen LogP contribution is 2.29. The van der Waals surface area contributed by atoms with Crippen LogP contribution in [0.3, 0.4) is 0 Å². The molecule has 2 aromatic rings. The van der Waals surface area contributed by atoms with Gasteiger partial charge in [-0.15, -0.1) is 0 Å². The minimum Gasteiger partial charge on any atom is -0.323 e. The predicted octanol–water partition coefficient (Wildman–Crippen LogP) is 3.47. The molecule has 27 heavy (non-hydrogen) atoms. The van der Waals surface area contributed by atoms with Crippen LogP contribution < -0.4 is 10.6 Å². The molecule has 0 aliphatic carbocycles. The highest BCUT2D eigenvalue weighted by atomic mass is 79.9. The summed E-state index contributed by atoms with van der Waals surface area (Å²) in [7, 11) is 0. The number of nitrogens with one attached hydrogen (secondary N) is 2. The number of benzene rings is 2. The van der Waals surface area contributed by atoms with Crippen molar-refractivity contribution in [1.82, 2.24) is 10.2 Å². The van der Waals surface area contributed by atoms with E-state index in [0.29, 0.717) is 11.3 Å². The average molecular weight is 430 g/mol. The maximum absolute atomic E-state index is 12.9. The Hall–Kier alpha value is -2.67. The summed E-state index contributed by atoms with van der Waals surface area (Å²) in [6.07, 6.45) is 0. The topological polar surface area (TPSA) is 78.5 Å². The second-order valence-electron chi connectivity index (χ2n) is 6.84. The van der Waals surface area contributed by atoms with E-state index in [-0.39, 0.29) is 6.54 Å². The van der Waals surface area contributed by atoms with Crippen LogP contribution in [0.25, 0.3) is 0 Å². The van der Waals surface area contributed by atoms with E-state index in [9.17, 15) is 14.4 Å². The molecule has 0 saturated carbocycles. The van der Waals surface area contributed by atoms with Crippen molar-refractivity contribution in [2.45, 2.75) is 26.3 Å². The van der Waals surface area contributed by atoms with E-state index < -0.39 is 23.4 Å². The Bertz CT molecular complexity index is 927. The highest BCUT2D eigenvalue weighted by Gasteiger charge is 2.49. The van der Waals surface area contributed by atoms with E-state index in [0.717, 1.165) is 20.5 Å². The van der Waals surface area contributed by atoms with Gasteiger partial charge in [-0.25, -0.2) is 4.79 Å². The Balaban J connectivity index is 1.75. The Morgan fingerprint density at radius 1 is 1.11 bits per heavy atom. The second-order valence-corrected chi connectivity index (χ2v) is 7.70. The van der Waals surface area contributed by atoms with Crippen LogP contribution in [0.5, 0.6) is 0 Å². The van der Waals surface area contributed by atoms with Crippen molar-refractivity contribution < 1.29 is 14.4 Å². The molecule has 0 radical (unpaired) electrons. The molecule has 0 aromatic heterocycles. The number of amides is 4. The summed E-state index contributed by atoms with van der Waals surface area (Å²) < 4.78 is 0.734. The van der Waals surface area contributed by atoms with Gasteiger partial charge in [-0.2, -0.15) is 0 Å². The average Bonchev–Trinajstić information content (AvgIpc) is 2.82. The van der Waals surface area contributed by atoms with E-state index >= 15 is 0 Å². The third-order valence-corrected chi connectivity index (χ3v) is 5.26. The first-order valence-corrected chi connectivity index (χ1v) is 9.27. The quantitative estimate of drug-likeness (QED) is 0.730. The molecule has 7 heteroatoms. The standard InChI is InChI=1S/C20H20BrN3O3/c1-12-4-7-14(8-5-12)20(3)18(26)24(19(27)23-20)11-17(25)22-16-9-6-13(2)10-15(16)21/h4-10H,11H2,1-3H3,(H,22,25)(H,23,27). The first-order valence-electron chi connectivity index (χ1n) is 8.48. The second kappa shape index (κ2) is 7.15. The van der Waals surface area contributed by atoms with Crippen molar-refractivity contribution in [3.63, 3.8) is 0 Å². The van der Waals surface area contributed by atoms with Gasteiger partial charge in [0.2, 0.25) is 5.91 Å². The Morgan fingerprint density at radius 2 is 1.74 bits per heavy atom. The number of hydrogen-bond donors (Lipinski definition) is 2. The molecule has 2 aromatic carbocycles. The number of carbonyl (C=O) groups excluding carboxylic acids is 3. The van der Waals surface area contributed by atoms with Crippen LogP contribution in [-0.2, 0) is 15.1 Å². The summed E-state index contributed by atoms with van der Waals surface area (Å²) >= 11 is 3.39. The van der Waals surface area contributed by atoms with E-state index in [1.54, 1.807) is 25.1 Å². The van der Waals surface area contributed by atoms with Gasteiger partial charge >= 0.3 is 6.03 Å². The van der Waals surface area contributed by atoms with Crippen molar-refractivity contribution in [2.24, 2.45) is 0 Å². The summed E-state index contributed by atoms with van der Waals surface area (Å²) in [4.78, 5) is 38.5. The van der Waals surface area contributed by atoms with Crippen LogP contribution in [0, 0.1) is 13.8 Å². The molecule has 0 spiro atoms. The molecule has 3 rings (SSSR count). The smallest absolute Gasteiger partial charge is 0.323 e. The molecule has 1 fully saturated rings. The summed E-state index contributed by atoms with van der Waals surface area (Å²) in [5.74, 6) is -0.898. The molecule has 4 amide bonds. The molecule has 0 bridgehead atoms. The largest absolute Gasteiger partial charge is 0.325 e. The fraction of sp³-hybridized carbons (Fsp3) is 0.250. The molecule has 1 aliphatic heterocycles. The lowest BCUT2D eigenvalue weighted by molar-refractivity contribution is -0.133. The molecule has 1 saturated heterocycles. The van der Waals surface area contributed by atoms with Gasteiger partial charge < -0.3 is 10.6 Å². The summed E-state index contributed by atoms with van der Waals surface area (Å²) in [5, 5.41) is 5.42. The first kappa shape index (κ1) is 19.1. The lowest BCUT2D eigenvalue weighted by Gasteiger charge is -2.22. The lowest BCUT2D eigenvalue weighted by Crippen LogP contribution is -2.42. The molecule has 1 unspecified atom stereocenters. The number of urea groups is 1.